The van der Waals surface area contributed by atoms with Gasteiger partial charge in [-0.15, -0.1) is 0 Å². The minimum absolute atomic E-state index is 0.112. The summed E-state index contributed by atoms with van der Waals surface area (Å²) >= 11 is 0. The fourth-order valence-corrected chi connectivity index (χ4v) is 2.65. The maximum atomic E-state index is 13.6. The molecule has 6 nitrogen and oxygen atoms in total. The van der Waals surface area contributed by atoms with Crippen molar-refractivity contribution in [3.8, 4) is 11.4 Å². The van der Waals surface area contributed by atoms with Crippen molar-refractivity contribution in [3.63, 3.8) is 0 Å². The summed E-state index contributed by atoms with van der Waals surface area (Å²) in [5.74, 6) is -0.665. The topological polar surface area (TPSA) is 59.4 Å². The van der Waals surface area contributed by atoms with Crippen molar-refractivity contribution in [1.82, 2.24) is 15.1 Å². The number of para-hydroxylation sites is 1. The second kappa shape index (κ2) is 8.26. The van der Waals surface area contributed by atoms with Crippen LogP contribution in [0.15, 0.2) is 60.8 Å². The lowest BCUT2D eigenvalue weighted by Gasteiger charge is -2.14. The summed E-state index contributed by atoms with van der Waals surface area (Å²) in [5, 5.41) is 6.18. The van der Waals surface area contributed by atoms with E-state index < -0.39 is 23.7 Å². The number of nitrogens with one attached hydrogen (secondary N) is 1. The van der Waals surface area contributed by atoms with Gasteiger partial charge in [0.25, 0.3) is 0 Å². The van der Waals surface area contributed by atoms with Gasteiger partial charge in [0, 0.05) is 26.3 Å². The van der Waals surface area contributed by atoms with Crippen LogP contribution in [0.1, 0.15) is 11.3 Å². The van der Waals surface area contributed by atoms with Gasteiger partial charge in [-0.1, -0.05) is 30.3 Å². The molecule has 0 fully saturated rings. The van der Waals surface area contributed by atoms with Gasteiger partial charge in [-0.05, 0) is 29.8 Å². The van der Waals surface area contributed by atoms with Crippen molar-refractivity contribution in [2.75, 3.05) is 19.0 Å². The van der Waals surface area contributed by atoms with Gasteiger partial charge in [0.2, 0.25) is 0 Å². The lowest BCUT2D eigenvalue weighted by Crippen LogP contribution is -2.27. The Kier molecular flexibility index (Phi) is 5.76. The molecule has 1 heterocycles. The normalized spacial score (nSPS) is 11.2. The monoisotopic (exact) mass is 404 g/mol. The maximum Gasteiger partial charge on any atom is 0.437 e. The Morgan fingerprint density at radius 3 is 2.34 bits per heavy atom. The number of anilines is 1. The zero-order valence-electron chi connectivity index (χ0n) is 15.8. The quantitative estimate of drug-likeness (QED) is 0.691. The molecule has 0 spiro atoms. The molecule has 9 heteroatoms. The van der Waals surface area contributed by atoms with E-state index in [4.69, 9.17) is 4.74 Å². The number of carbonyl (C=O) groups excluding carboxylic acids is 1. The molecule has 1 N–H and O–H groups in total. The van der Waals surface area contributed by atoms with Crippen LogP contribution in [0.25, 0.3) is 5.69 Å². The summed E-state index contributed by atoms with van der Waals surface area (Å²) < 4.78 is 46.3. The van der Waals surface area contributed by atoms with Crippen LogP contribution in [0.4, 0.5) is 23.7 Å². The predicted molar refractivity (Wildman–Crippen MR) is 102 cm³/mol. The van der Waals surface area contributed by atoms with Gasteiger partial charge in [0.05, 0.1) is 11.9 Å². The van der Waals surface area contributed by atoms with Crippen molar-refractivity contribution in [3.05, 3.63) is 72.1 Å². The smallest absolute Gasteiger partial charge is 0.406 e. The molecule has 2 aromatic carbocycles. The Morgan fingerprint density at radius 2 is 1.76 bits per heavy atom. The summed E-state index contributed by atoms with van der Waals surface area (Å²) in [6.07, 6.45) is -4.88. The fraction of sp³-hybridized carbons (Fsp3) is 0.200. The highest BCUT2D eigenvalue weighted by atomic mass is 19.4. The molecule has 29 heavy (non-hydrogen) atoms. The molecule has 3 rings (SSSR count). The molecule has 3 aromatic rings. The summed E-state index contributed by atoms with van der Waals surface area (Å²) in [6, 6.07) is 15.2. The number of rotatable bonds is 5. The number of hydrogen-bond donors (Lipinski definition) is 1. The summed E-state index contributed by atoms with van der Waals surface area (Å²) in [7, 11) is 3.80. The molecule has 0 bridgehead atoms. The van der Waals surface area contributed by atoms with Gasteiger partial charge in [-0.25, -0.2) is 9.48 Å². The Hall–Kier alpha value is -3.49. The van der Waals surface area contributed by atoms with Gasteiger partial charge < -0.3 is 15.0 Å². The average Bonchev–Trinajstić information content (AvgIpc) is 3.11. The molecule has 0 radical (unpaired) electrons. The van der Waals surface area contributed by atoms with Crippen LogP contribution in [0.3, 0.4) is 0 Å². The third-order valence-corrected chi connectivity index (χ3v) is 4.10. The Morgan fingerprint density at radius 1 is 1.10 bits per heavy atom. The van der Waals surface area contributed by atoms with Crippen LogP contribution in [-0.4, -0.2) is 30.0 Å². The second-order valence-electron chi connectivity index (χ2n) is 6.41. The van der Waals surface area contributed by atoms with E-state index in [0.717, 1.165) is 17.4 Å². The molecule has 0 aliphatic heterocycles. The molecular weight excluding hydrogens is 385 g/mol. The Labute approximate surface area is 165 Å². The number of ether oxygens (including phenoxy) is 1. The van der Waals surface area contributed by atoms with Crippen molar-refractivity contribution >= 4 is 11.8 Å². The number of hydrogen-bond acceptors (Lipinski definition) is 4. The zero-order chi connectivity index (χ0) is 21.0. The van der Waals surface area contributed by atoms with E-state index in [0.29, 0.717) is 4.68 Å². The van der Waals surface area contributed by atoms with E-state index in [-0.39, 0.29) is 12.2 Å². The molecule has 0 saturated heterocycles. The fourth-order valence-electron chi connectivity index (χ4n) is 2.65. The van der Waals surface area contributed by atoms with Gasteiger partial charge >= 0.3 is 12.3 Å². The number of alkyl halides is 3. The second-order valence-corrected chi connectivity index (χ2v) is 6.41. The minimum atomic E-state index is -4.76. The third-order valence-electron chi connectivity index (χ3n) is 4.10. The van der Waals surface area contributed by atoms with Crippen LogP contribution >= 0.6 is 0 Å². The molecule has 152 valence electrons. The molecule has 1 amide bonds. The SMILES string of the molecule is CN(C)c1ccc(CNC(=O)Oc2cnn(-c3ccccc3)c2C(F)(F)F)cc1. The van der Waals surface area contributed by atoms with Gasteiger partial charge in [-0.3, -0.25) is 0 Å². The largest absolute Gasteiger partial charge is 0.437 e. The lowest BCUT2D eigenvalue weighted by molar-refractivity contribution is -0.143. The van der Waals surface area contributed by atoms with E-state index in [1.807, 2.05) is 43.3 Å². The maximum absolute atomic E-state index is 13.6. The first-order valence-electron chi connectivity index (χ1n) is 8.68. The zero-order valence-corrected chi connectivity index (χ0v) is 15.8. The van der Waals surface area contributed by atoms with Crippen LogP contribution in [0, 0.1) is 0 Å². The van der Waals surface area contributed by atoms with Crippen LogP contribution in [-0.2, 0) is 12.7 Å². The van der Waals surface area contributed by atoms with Crippen LogP contribution in [0.5, 0.6) is 5.75 Å². The Bertz CT molecular complexity index is 968. The summed E-state index contributed by atoms with van der Waals surface area (Å²) in [5.41, 5.74) is 0.813. The number of nitrogens with zero attached hydrogens (tertiary/aromatic N) is 3. The standard InChI is InChI=1S/C20H19F3N4O2/c1-26(2)15-10-8-14(9-11-15)12-24-19(28)29-17-13-25-27(18(17)20(21,22)23)16-6-4-3-5-7-16/h3-11,13H,12H2,1-2H3,(H,24,28). The van der Waals surface area contributed by atoms with Crippen molar-refractivity contribution in [2.45, 2.75) is 12.7 Å². The number of halogens is 3. The lowest BCUT2D eigenvalue weighted by atomic mass is 10.2. The van der Waals surface area contributed by atoms with Crippen LogP contribution < -0.4 is 15.0 Å². The molecule has 1 aromatic heterocycles. The highest BCUT2D eigenvalue weighted by Crippen LogP contribution is 2.37. The molecule has 0 aliphatic rings. The van der Waals surface area contributed by atoms with Crippen LogP contribution in [0.2, 0.25) is 0 Å². The van der Waals surface area contributed by atoms with Crippen molar-refractivity contribution in [1.29, 1.82) is 0 Å². The van der Waals surface area contributed by atoms with Gasteiger partial charge in [-0.2, -0.15) is 18.3 Å². The van der Waals surface area contributed by atoms with E-state index in [1.165, 1.54) is 12.1 Å². The van der Waals surface area contributed by atoms with Crippen molar-refractivity contribution < 1.29 is 22.7 Å². The first kappa shape index (κ1) is 20.2. The molecule has 0 unspecified atom stereocenters. The van der Waals surface area contributed by atoms with E-state index in [9.17, 15) is 18.0 Å². The number of carbonyl (C=O) groups is 1. The third kappa shape index (κ3) is 4.87. The Balaban J connectivity index is 1.72. The predicted octanol–water partition coefficient (Wildman–Crippen LogP) is 4.25. The summed E-state index contributed by atoms with van der Waals surface area (Å²) in [4.78, 5) is 14.0. The highest BCUT2D eigenvalue weighted by molar-refractivity contribution is 5.70. The van der Waals surface area contributed by atoms with Gasteiger partial charge in [0.1, 0.15) is 0 Å². The van der Waals surface area contributed by atoms with E-state index in [1.54, 1.807) is 18.2 Å². The molecule has 0 aliphatic carbocycles. The minimum Gasteiger partial charge on any atom is -0.406 e. The molecule has 0 saturated carbocycles. The molecule has 0 atom stereocenters. The number of amides is 1. The molecular formula is C20H19F3N4O2. The summed E-state index contributed by atoms with van der Waals surface area (Å²) in [6.45, 7) is 0.112. The van der Waals surface area contributed by atoms with Gasteiger partial charge in [0.15, 0.2) is 11.4 Å². The first-order valence-corrected chi connectivity index (χ1v) is 8.68. The number of aromatic nitrogens is 2. The highest BCUT2D eigenvalue weighted by Gasteiger charge is 2.40. The van der Waals surface area contributed by atoms with E-state index in [2.05, 4.69) is 10.4 Å². The van der Waals surface area contributed by atoms with E-state index >= 15 is 0 Å². The van der Waals surface area contributed by atoms with Crippen molar-refractivity contribution in [2.24, 2.45) is 0 Å². The average molecular weight is 404 g/mol. The first-order chi connectivity index (χ1) is 13.8. The number of benzene rings is 2.